The van der Waals surface area contributed by atoms with Gasteiger partial charge in [0.25, 0.3) is 0 Å². The molecule has 0 radical (unpaired) electrons. The third-order valence-electron chi connectivity index (χ3n) is 15.8. The second-order valence-electron chi connectivity index (χ2n) is 20.3. The number of rotatable bonds is 8. The Bertz CT molecular complexity index is 3900. The Morgan fingerprint density at radius 1 is 0.406 bits per heavy atom. The Labute approximate surface area is 405 Å². The summed E-state index contributed by atoms with van der Waals surface area (Å²) in [6, 6.07) is 79.9. The first-order valence-corrected chi connectivity index (χ1v) is 24.8. The van der Waals surface area contributed by atoms with E-state index in [0.717, 1.165) is 24.2 Å². The normalized spacial score (nSPS) is 13.2. The molecule has 0 N–H and O–H groups in total. The summed E-state index contributed by atoms with van der Waals surface area (Å²) in [7, 11) is 0. The van der Waals surface area contributed by atoms with E-state index in [1.165, 1.54) is 116 Å². The van der Waals surface area contributed by atoms with Crippen molar-refractivity contribution in [2.24, 2.45) is 0 Å². The molecule has 1 heterocycles. The van der Waals surface area contributed by atoms with E-state index in [-0.39, 0.29) is 10.8 Å². The van der Waals surface area contributed by atoms with Crippen molar-refractivity contribution in [1.29, 1.82) is 0 Å². The molecule has 0 atom stereocenters. The zero-order valence-electron chi connectivity index (χ0n) is 40.0. The molecule has 0 fully saturated rings. The summed E-state index contributed by atoms with van der Waals surface area (Å²) in [5, 5.41) is 10.4. The molecule has 1 aromatic heterocycles. The minimum Gasteiger partial charge on any atom is -0.310 e. The zero-order chi connectivity index (χ0) is 46.6. The van der Waals surface area contributed by atoms with Crippen molar-refractivity contribution in [3.63, 3.8) is 0 Å². The molecule has 13 rings (SSSR count). The lowest BCUT2D eigenvalue weighted by Gasteiger charge is -2.32. The van der Waals surface area contributed by atoms with Crippen LogP contribution in [0.3, 0.4) is 0 Å². The fourth-order valence-corrected chi connectivity index (χ4v) is 12.2. The highest BCUT2D eigenvalue weighted by molar-refractivity contribution is 6.28. The molecule has 2 heteroatoms. The minimum absolute atomic E-state index is 0.100. The second-order valence-corrected chi connectivity index (χ2v) is 20.3. The van der Waals surface area contributed by atoms with Gasteiger partial charge in [-0.1, -0.05) is 174 Å². The number of fused-ring (bicyclic) bond motifs is 6. The molecule has 11 aromatic carbocycles. The molecule has 12 aromatic rings. The van der Waals surface area contributed by atoms with Gasteiger partial charge in [-0.25, -0.2) is 0 Å². The maximum absolute atomic E-state index is 2.54. The first-order chi connectivity index (χ1) is 33.7. The van der Waals surface area contributed by atoms with Crippen molar-refractivity contribution in [1.82, 2.24) is 4.57 Å². The Balaban J connectivity index is 0.925. The van der Waals surface area contributed by atoms with Crippen molar-refractivity contribution < 1.29 is 0 Å². The van der Waals surface area contributed by atoms with Gasteiger partial charge in [0.2, 0.25) is 0 Å². The predicted molar refractivity (Wildman–Crippen MR) is 296 cm³/mol. The number of benzene rings is 11. The van der Waals surface area contributed by atoms with Gasteiger partial charge in [0.1, 0.15) is 0 Å². The van der Waals surface area contributed by atoms with Crippen LogP contribution in [0.15, 0.2) is 212 Å². The summed E-state index contributed by atoms with van der Waals surface area (Å²) >= 11 is 0. The SMILES string of the molecule is CCC1(CC)c2cc(-c3ccc4ccc5c(-c6ccc7c(c6)c6ccccc6n7-c6ccc(C(C)(C)C)cc6)ccc6ccc3c4c65)ccc2-c2ccc(N(c3ccccc3)c3ccccc3)cc21. The van der Waals surface area contributed by atoms with E-state index in [1.807, 2.05) is 0 Å². The highest BCUT2D eigenvalue weighted by Gasteiger charge is 2.41. The maximum Gasteiger partial charge on any atom is 0.0541 e. The zero-order valence-corrected chi connectivity index (χ0v) is 40.0. The Morgan fingerprint density at radius 2 is 0.913 bits per heavy atom. The lowest BCUT2D eigenvalue weighted by atomic mass is 9.73. The number of hydrogen-bond acceptors (Lipinski definition) is 1. The predicted octanol–water partition coefficient (Wildman–Crippen LogP) is 18.9. The smallest absolute Gasteiger partial charge is 0.0541 e. The summed E-state index contributed by atoms with van der Waals surface area (Å²) < 4.78 is 2.43. The average molecular weight is 887 g/mol. The second kappa shape index (κ2) is 15.6. The molecule has 69 heavy (non-hydrogen) atoms. The molecule has 1 aliphatic rings. The van der Waals surface area contributed by atoms with Crippen molar-refractivity contribution in [2.45, 2.75) is 58.3 Å². The van der Waals surface area contributed by atoms with Gasteiger partial charge >= 0.3 is 0 Å². The van der Waals surface area contributed by atoms with Crippen LogP contribution < -0.4 is 4.90 Å². The van der Waals surface area contributed by atoms with Crippen LogP contribution in [0.5, 0.6) is 0 Å². The van der Waals surface area contributed by atoms with E-state index in [0.29, 0.717) is 0 Å². The van der Waals surface area contributed by atoms with Crippen LogP contribution in [0.2, 0.25) is 0 Å². The third kappa shape index (κ3) is 6.24. The number of hydrogen-bond donors (Lipinski definition) is 0. The van der Waals surface area contributed by atoms with Gasteiger partial charge in [-0.15, -0.1) is 0 Å². The van der Waals surface area contributed by atoms with Crippen LogP contribution in [-0.4, -0.2) is 4.57 Å². The van der Waals surface area contributed by atoms with Gasteiger partial charge in [-0.05, 0) is 173 Å². The van der Waals surface area contributed by atoms with Crippen molar-refractivity contribution >= 4 is 71.2 Å². The van der Waals surface area contributed by atoms with Crippen molar-refractivity contribution in [3.8, 4) is 39.1 Å². The summed E-state index contributed by atoms with van der Waals surface area (Å²) in [5.41, 5.74) is 19.1. The number of para-hydroxylation sites is 3. The van der Waals surface area contributed by atoms with E-state index in [2.05, 4.69) is 256 Å². The van der Waals surface area contributed by atoms with Gasteiger partial charge in [0, 0.05) is 38.9 Å². The highest BCUT2D eigenvalue weighted by atomic mass is 15.1. The summed E-state index contributed by atoms with van der Waals surface area (Å²) in [4.78, 5) is 2.39. The van der Waals surface area contributed by atoms with E-state index in [9.17, 15) is 0 Å². The quantitative estimate of drug-likeness (QED) is 0.138. The van der Waals surface area contributed by atoms with Gasteiger partial charge < -0.3 is 9.47 Å². The molecule has 2 nitrogen and oxygen atoms in total. The van der Waals surface area contributed by atoms with E-state index >= 15 is 0 Å². The van der Waals surface area contributed by atoms with Crippen LogP contribution in [0.4, 0.5) is 17.1 Å². The standard InChI is InChI=1S/C67H54N2/c1-6-67(7-2)60-41-46(26-35-54(60)55-38-32-51(42-61(55)67)68(48-16-10-8-11-17-48)49-18-12-9-13-19-49)53-34-23-44-24-36-57-52(33-22-43-25-37-58(53)65(44)64(43)57)45-27-39-63-59(40-45)56-20-14-15-21-62(56)69(63)50-30-28-47(29-31-50)66(3,4)5/h8-42H,6-7H2,1-5H3. The van der Waals surface area contributed by atoms with Crippen LogP contribution >= 0.6 is 0 Å². The summed E-state index contributed by atoms with van der Waals surface area (Å²) in [5.74, 6) is 0. The molecule has 0 aliphatic heterocycles. The molecule has 0 unspecified atom stereocenters. The molecule has 0 saturated heterocycles. The monoisotopic (exact) mass is 886 g/mol. The van der Waals surface area contributed by atoms with Gasteiger partial charge in [0.15, 0.2) is 0 Å². The Morgan fingerprint density at radius 3 is 1.52 bits per heavy atom. The average Bonchev–Trinajstić information content (AvgIpc) is 3.87. The van der Waals surface area contributed by atoms with Crippen LogP contribution in [0.25, 0.3) is 93.2 Å². The lowest BCUT2D eigenvalue weighted by molar-refractivity contribution is 0.490. The molecule has 0 spiro atoms. The molecular formula is C67H54N2. The van der Waals surface area contributed by atoms with E-state index < -0.39 is 0 Å². The van der Waals surface area contributed by atoms with Gasteiger partial charge in [0.05, 0.1) is 11.0 Å². The number of nitrogens with zero attached hydrogens (tertiary/aromatic N) is 2. The molecule has 1 aliphatic carbocycles. The van der Waals surface area contributed by atoms with Crippen molar-refractivity contribution in [3.05, 3.63) is 229 Å². The first kappa shape index (κ1) is 41.3. The van der Waals surface area contributed by atoms with E-state index in [4.69, 9.17) is 0 Å². The van der Waals surface area contributed by atoms with Crippen LogP contribution in [-0.2, 0) is 10.8 Å². The Kier molecular flexibility index (Phi) is 9.30. The fraction of sp³-hybridized carbons (Fsp3) is 0.134. The third-order valence-corrected chi connectivity index (χ3v) is 15.8. The molecule has 0 amide bonds. The summed E-state index contributed by atoms with van der Waals surface area (Å²) in [6.45, 7) is 11.6. The largest absolute Gasteiger partial charge is 0.310 e. The molecular weight excluding hydrogens is 833 g/mol. The number of anilines is 3. The lowest BCUT2D eigenvalue weighted by Crippen LogP contribution is -2.23. The number of aromatic nitrogens is 1. The topological polar surface area (TPSA) is 8.17 Å². The molecule has 0 saturated carbocycles. The Hall–Kier alpha value is -7.94. The van der Waals surface area contributed by atoms with E-state index in [1.54, 1.807) is 0 Å². The minimum atomic E-state index is -0.112. The van der Waals surface area contributed by atoms with Gasteiger partial charge in [-0.2, -0.15) is 0 Å². The summed E-state index contributed by atoms with van der Waals surface area (Å²) in [6.07, 6.45) is 2.04. The van der Waals surface area contributed by atoms with Gasteiger partial charge in [-0.3, -0.25) is 0 Å². The first-order valence-electron chi connectivity index (χ1n) is 24.8. The van der Waals surface area contributed by atoms with Crippen LogP contribution in [0, 0.1) is 0 Å². The van der Waals surface area contributed by atoms with Crippen LogP contribution in [0.1, 0.15) is 64.2 Å². The fourth-order valence-electron chi connectivity index (χ4n) is 12.2. The maximum atomic E-state index is 2.54. The molecule has 0 bridgehead atoms. The highest BCUT2D eigenvalue weighted by Crippen LogP contribution is 2.55. The van der Waals surface area contributed by atoms with Crippen molar-refractivity contribution in [2.75, 3.05) is 4.90 Å². The molecule has 332 valence electrons.